The van der Waals surface area contributed by atoms with E-state index in [1.807, 2.05) is 19.1 Å². The first-order valence-electron chi connectivity index (χ1n) is 9.60. The van der Waals surface area contributed by atoms with Gasteiger partial charge in [0.25, 0.3) is 5.91 Å². The van der Waals surface area contributed by atoms with Crippen LogP contribution in [0.3, 0.4) is 0 Å². The van der Waals surface area contributed by atoms with Gasteiger partial charge >= 0.3 is 0 Å². The van der Waals surface area contributed by atoms with Crippen LogP contribution in [0.1, 0.15) is 49.8 Å². The highest BCUT2D eigenvalue weighted by Gasteiger charge is 2.50. The normalized spacial score (nSPS) is 18.5. The Hall–Kier alpha value is -2.66. The van der Waals surface area contributed by atoms with Gasteiger partial charge in [-0.05, 0) is 43.0 Å². The first-order valence-corrected chi connectivity index (χ1v) is 9.60. The van der Waals surface area contributed by atoms with Crippen LogP contribution in [0.4, 0.5) is 5.69 Å². The largest absolute Gasteiger partial charge is 0.491 e. The van der Waals surface area contributed by atoms with Gasteiger partial charge in [-0.3, -0.25) is 9.59 Å². The van der Waals surface area contributed by atoms with E-state index in [0.717, 1.165) is 16.9 Å². The molecule has 1 N–H and O–H groups in total. The van der Waals surface area contributed by atoms with Crippen molar-refractivity contribution in [1.82, 2.24) is 0 Å². The van der Waals surface area contributed by atoms with Gasteiger partial charge < -0.3 is 14.7 Å². The van der Waals surface area contributed by atoms with Gasteiger partial charge in [0.1, 0.15) is 18.1 Å². The van der Waals surface area contributed by atoms with Crippen molar-refractivity contribution >= 4 is 17.4 Å². The summed E-state index contributed by atoms with van der Waals surface area (Å²) in [6.45, 7) is 8.20. The lowest BCUT2D eigenvalue weighted by Crippen LogP contribution is -2.43. The highest BCUT2D eigenvalue weighted by Crippen LogP contribution is 2.42. The minimum Gasteiger partial charge on any atom is -0.491 e. The summed E-state index contributed by atoms with van der Waals surface area (Å²) in [5.74, 6) is 0.435. The number of anilines is 1. The lowest BCUT2D eigenvalue weighted by Gasteiger charge is -2.22. The highest BCUT2D eigenvalue weighted by atomic mass is 16.5. The number of ketones is 1. The quantitative estimate of drug-likeness (QED) is 0.794. The van der Waals surface area contributed by atoms with Gasteiger partial charge in [-0.2, -0.15) is 0 Å². The zero-order chi connectivity index (χ0) is 20.5. The molecule has 0 bridgehead atoms. The SMILES string of the molecule is CC(=O)CC1(O)C(=O)N(CCOc2cc(C)ccc2C(C)C)c2ccccc21. The molecular formula is C23H27NO4. The molecular weight excluding hydrogens is 354 g/mol. The molecule has 2 aromatic carbocycles. The van der Waals surface area contributed by atoms with Crippen molar-refractivity contribution in [2.75, 3.05) is 18.1 Å². The Kier molecular flexibility index (Phi) is 5.57. The van der Waals surface area contributed by atoms with E-state index in [-0.39, 0.29) is 12.2 Å². The molecule has 28 heavy (non-hydrogen) atoms. The van der Waals surface area contributed by atoms with Crippen molar-refractivity contribution in [3.05, 3.63) is 59.2 Å². The van der Waals surface area contributed by atoms with E-state index in [2.05, 4.69) is 26.0 Å². The molecule has 0 saturated heterocycles. The third-order valence-corrected chi connectivity index (χ3v) is 5.11. The van der Waals surface area contributed by atoms with Crippen LogP contribution >= 0.6 is 0 Å². The third-order valence-electron chi connectivity index (χ3n) is 5.11. The molecule has 1 unspecified atom stereocenters. The summed E-state index contributed by atoms with van der Waals surface area (Å²) in [6.07, 6.45) is -0.227. The van der Waals surface area contributed by atoms with Crippen molar-refractivity contribution in [2.45, 2.75) is 45.6 Å². The molecule has 1 heterocycles. The second-order valence-corrected chi connectivity index (χ2v) is 7.76. The van der Waals surface area contributed by atoms with E-state index in [4.69, 9.17) is 4.74 Å². The molecule has 0 fully saturated rings. The fraction of sp³-hybridized carbons (Fsp3) is 0.391. The maximum absolute atomic E-state index is 13.0. The number of hydrogen-bond acceptors (Lipinski definition) is 4. The van der Waals surface area contributed by atoms with Crippen LogP contribution in [0.25, 0.3) is 0 Å². The molecule has 0 aromatic heterocycles. The van der Waals surface area contributed by atoms with Gasteiger partial charge in [0.15, 0.2) is 5.60 Å². The minimum atomic E-state index is -1.80. The highest BCUT2D eigenvalue weighted by molar-refractivity contribution is 6.08. The molecule has 148 valence electrons. The lowest BCUT2D eigenvalue weighted by atomic mass is 9.90. The number of para-hydroxylation sites is 1. The molecule has 3 rings (SSSR count). The van der Waals surface area contributed by atoms with E-state index in [1.165, 1.54) is 11.8 Å². The van der Waals surface area contributed by atoms with Gasteiger partial charge in [-0.25, -0.2) is 0 Å². The molecule has 0 aliphatic carbocycles. The van der Waals surface area contributed by atoms with Crippen molar-refractivity contribution in [1.29, 1.82) is 0 Å². The van der Waals surface area contributed by atoms with E-state index >= 15 is 0 Å². The topological polar surface area (TPSA) is 66.8 Å². The second kappa shape index (κ2) is 7.76. The standard InChI is InChI=1S/C23H27NO4/c1-15(2)18-10-9-16(3)13-21(18)28-12-11-24-20-8-6-5-7-19(20)23(27,22(24)26)14-17(4)25/h5-10,13,15,27H,11-12,14H2,1-4H3. The number of carbonyl (C=O) groups excluding carboxylic acids is 2. The Morgan fingerprint density at radius 3 is 2.61 bits per heavy atom. The number of amides is 1. The molecule has 0 saturated carbocycles. The smallest absolute Gasteiger partial charge is 0.264 e. The number of carbonyl (C=O) groups is 2. The van der Waals surface area contributed by atoms with Crippen molar-refractivity contribution in [3.8, 4) is 5.75 Å². The third kappa shape index (κ3) is 3.67. The summed E-state index contributed by atoms with van der Waals surface area (Å²) in [5, 5.41) is 11.0. The number of aliphatic hydroxyl groups is 1. The van der Waals surface area contributed by atoms with Crippen LogP contribution < -0.4 is 9.64 Å². The van der Waals surface area contributed by atoms with Gasteiger partial charge in [0.2, 0.25) is 0 Å². The van der Waals surface area contributed by atoms with E-state index < -0.39 is 11.5 Å². The molecule has 1 aliphatic heterocycles. The molecule has 2 aromatic rings. The van der Waals surface area contributed by atoms with E-state index in [1.54, 1.807) is 18.2 Å². The average Bonchev–Trinajstić information content (AvgIpc) is 2.83. The van der Waals surface area contributed by atoms with Gasteiger partial charge in [0, 0.05) is 12.0 Å². The Morgan fingerprint density at radius 1 is 1.21 bits per heavy atom. The maximum atomic E-state index is 13.0. The number of benzene rings is 2. The number of ether oxygens (including phenoxy) is 1. The lowest BCUT2D eigenvalue weighted by molar-refractivity contribution is -0.141. The minimum absolute atomic E-state index is 0.227. The van der Waals surface area contributed by atoms with E-state index in [0.29, 0.717) is 30.3 Å². The predicted molar refractivity (Wildman–Crippen MR) is 109 cm³/mol. The van der Waals surface area contributed by atoms with Crippen LogP contribution in [-0.4, -0.2) is 29.9 Å². The number of nitrogens with zero attached hydrogens (tertiary/aromatic N) is 1. The number of hydrogen-bond donors (Lipinski definition) is 1. The number of fused-ring (bicyclic) bond motifs is 1. The molecule has 1 aliphatic rings. The molecule has 1 amide bonds. The van der Waals surface area contributed by atoms with Crippen LogP contribution in [0.15, 0.2) is 42.5 Å². The fourth-order valence-electron chi connectivity index (χ4n) is 3.75. The van der Waals surface area contributed by atoms with Gasteiger partial charge in [0.05, 0.1) is 12.2 Å². The van der Waals surface area contributed by atoms with Crippen LogP contribution in [0, 0.1) is 6.92 Å². The Balaban J connectivity index is 1.80. The van der Waals surface area contributed by atoms with Gasteiger partial charge in [-0.1, -0.05) is 44.2 Å². The molecule has 5 heteroatoms. The molecule has 1 atom stereocenters. The van der Waals surface area contributed by atoms with Crippen LogP contribution in [0.5, 0.6) is 5.75 Å². The average molecular weight is 381 g/mol. The summed E-state index contributed by atoms with van der Waals surface area (Å²) < 4.78 is 6.01. The van der Waals surface area contributed by atoms with Crippen LogP contribution in [0.2, 0.25) is 0 Å². The summed E-state index contributed by atoms with van der Waals surface area (Å²) in [5.41, 5.74) is 1.54. The fourth-order valence-corrected chi connectivity index (χ4v) is 3.75. The molecule has 5 nitrogen and oxygen atoms in total. The first-order chi connectivity index (χ1) is 13.2. The van der Waals surface area contributed by atoms with E-state index in [9.17, 15) is 14.7 Å². The van der Waals surface area contributed by atoms with Crippen LogP contribution in [-0.2, 0) is 15.2 Å². The van der Waals surface area contributed by atoms with Crippen molar-refractivity contribution in [2.24, 2.45) is 0 Å². The Labute approximate surface area is 165 Å². The van der Waals surface area contributed by atoms with Crippen molar-refractivity contribution in [3.63, 3.8) is 0 Å². The first kappa shape index (κ1) is 20.1. The maximum Gasteiger partial charge on any atom is 0.264 e. The zero-order valence-corrected chi connectivity index (χ0v) is 16.9. The predicted octanol–water partition coefficient (Wildman–Crippen LogP) is 3.71. The Bertz CT molecular complexity index is 905. The summed E-state index contributed by atoms with van der Waals surface area (Å²) in [7, 11) is 0. The summed E-state index contributed by atoms with van der Waals surface area (Å²) >= 11 is 0. The second-order valence-electron chi connectivity index (χ2n) is 7.76. The number of aryl methyl sites for hydroxylation is 1. The summed E-state index contributed by atoms with van der Waals surface area (Å²) in [6, 6.07) is 13.2. The number of Topliss-reactive ketones (excluding diaryl/α,β-unsaturated/α-hetero) is 1. The molecule has 0 radical (unpaired) electrons. The van der Waals surface area contributed by atoms with Crippen molar-refractivity contribution < 1.29 is 19.4 Å². The monoisotopic (exact) mass is 381 g/mol. The zero-order valence-electron chi connectivity index (χ0n) is 16.9. The number of rotatable bonds is 7. The summed E-state index contributed by atoms with van der Waals surface area (Å²) in [4.78, 5) is 26.1. The molecule has 0 spiro atoms. The Morgan fingerprint density at radius 2 is 1.93 bits per heavy atom. The van der Waals surface area contributed by atoms with Gasteiger partial charge in [-0.15, -0.1) is 0 Å².